The van der Waals surface area contributed by atoms with Gasteiger partial charge in [0.15, 0.2) is 11.5 Å². The molecule has 52 heavy (non-hydrogen) atoms. The van der Waals surface area contributed by atoms with Gasteiger partial charge in [0.1, 0.15) is 31.9 Å². The number of hydrogen-bond acceptors (Lipinski definition) is 7. The summed E-state index contributed by atoms with van der Waals surface area (Å²) < 4.78 is 17.1. The first-order valence-corrected chi connectivity index (χ1v) is 16.9. The summed E-state index contributed by atoms with van der Waals surface area (Å²) in [5, 5.41) is 17.0. The van der Waals surface area contributed by atoms with Gasteiger partial charge in [-0.3, -0.25) is 4.79 Å². The average Bonchev–Trinajstić information content (AvgIpc) is 3.59. The van der Waals surface area contributed by atoms with Crippen LogP contribution >= 0.6 is 0 Å². The van der Waals surface area contributed by atoms with Crippen molar-refractivity contribution >= 4 is 28.9 Å². The Morgan fingerprint density at radius 3 is 1.88 bits per heavy atom. The van der Waals surface area contributed by atoms with Crippen molar-refractivity contribution in [2.45, 2.75) is 44.7 Å². The molecule has 6 rings (SSSR count). The number of phenols is 1. The van der Waals surface area contributed by atoms with E-state index >= 15 is 0 Å². The second-order valence-corrected chi connectivity index (χ2v) is 12.3. The third-order valence-electron chi connectivity index (χ3n) is 8.45. The van der Waals surface area contributed by atoms with Crippen LogP contribution in [0.5, 0.6) is 11.5 Å². The molecular weight excluding hydrogens is 658 g/mol. The predicted molar refractivity (Wildman–Crippen MR) is 196 cm³/mol. The molecule has 2 atom stereocenters. The summed E-state index contributed by atoms with van der Waals surface area (Å²) in [7, 11) is 0. The first kappa shape index (κ1) is 35.3. The van der Waals surface area contributed by atoms with Gasteiger partial charge in [0.2, 0.25) is 5.91 Å². The second-order valence-electron chi connectivity index (χ2n) is 12.3. The number of benzene rings is 5. The number of aromatic hydroxyl groups is 1. The molecule has 0 bridgehead atoms. The molecule has 0 saturated heterocycles. The summed E-state index contributed by atoms with van der Waals surface area (Å²) in [5.41, 5.74) is 4.76. The minimum Gasteiger partial charge on any atom is -0.504 e. The van der Waals surface area contributed by atoms with E-state index in [1.807, 2.05) is 115 Å². The number of rotatable bonds is 15. The Morgan fingerprint density at radius 2 is 1.21 bits per heavy atom. The highest BCUT2D eigenvalue weighted by molar-refractivity contribution is 5.91. The van der Waals surface area contributed by atoms with Gasteiger partial charge in [-0.25, -0.2) is 9.59 Å². The van der Waals surface area contributed by atoms with E-state index in [1.165, 1.54) is 6.07 Å². The minimum atomic E-state index is -1.16. The Labute approximate surface area is 301 Å². The SMILES string of the molecule is O=C(N[C@@H](Cc1c[nH]c2ccccc12)C(=O)N[C@@H](Cc1ccc(O)c(OCc2ccccc2)c1)C(=O)OCc1ccccc1)OCc1ccccc1. The van der Waals surface area contributed by atoms with Crippen molar-refractivity contribution < 1.29 is 33.7 Å². The smallest absolute Gasteiger partial charge is 0.408 e. The number of nitrogens with one attached hydrogen (secondary N) is 3. The number of aromatic amines is 1. The van der Waals surface area contributed by atoms with Gasteiger partial charge in [0.05, 0.1) is 0 Å². The van der Waals surface area contributed by atoms with Crippen LogP contribution in [0, 0.1) is 0 Å². The fraction of sp³-hybridized carbons (Fsp3) is 0.167. The third-order valence-corrected chi connectivity index (χ3v) is 8.45. The van der Waals surface area contributed by atoms with Crippen LogP contribution in [-0.4, -0.2) is 40.1 Å². The number of hydrogen-bond donors (Lipinski definition) is 4. The third kappa shape index (κ3) is 9.79. The molecule has 6 aromatic rings. The Kier molecular flexibility index (Phi) is 11.8. The number of aromatic nitrogens is 1. The average molecular weight is 698 g/mol. The Hall–Kier alpha value is -6.55. The van der Waals surface area contributed by atoms with Crippen molar-refractivity contribution in [2.75, 3.05) is 0 Å². The molecule has 0 fully saturated rings. The first-order chi connectivity index (χ1) is 25.4. The predicted octanol–water partition coefficient (Wildman–Crippen LogP) is 6.76. The number of amides is 2. The lowest BCUT2D eigenvalue weighted by Crippen LogP contribution is -2.53. The fourth-order valence-corrected chi connectivity index (χ4v) is 5.70. The zero-order valence-corrected chi connectivity index (χ0v) is 28.4. The van der Waals surface area contributed by atoms with Gasteiger partial charge in [-0.05, 0) is 46.0 Å². The molecule has 1 heterocycles. The number of carbonyl (C=O) groups is 3. The summed E-state index contributed by atoms with van der Waals surface area (Å²) in [6.07, 6.45) is 1.13. The van der Waals surface area contributed by atoms with E-state index in [9.17, 15) is 19.5 Å². The van der Waals surface area contributed by atoms with Gasteiger partial charge in [-0.2, -0.15) is 0 Å². The Morgan fingerprint density at radius 1 is 0.615 bits per heavy atom. The van der Waals surface area contributed by atoms with Crippen molar-refractivity contribution in [1.29, 1.82) is 0 Å². The lowest BCUT2D eigenvalue weighted by Gasteiger charge is -2.23. The summed E-state index contributed by atoms with van der Waals surface area (Å²) in [4.78, 5) is 44.1. The topological polar surface area (TPSA) is 139 Å². The van der Waals surface area contributed by atoms with Crippen LogP contribution in [-0.2, 0) is 51.7 Å². The maximum Gasteiger partial charge on any atom is 0.408 e. The Bertz CT molecular complexity index is 2090. The standard InChI is InChI=1S/C42H39N3O7/c46-38-21-20-32(23-39(38)50-26-29-12-4-1-5-13-29)22-37(41(48)51-27-30-14-6-2-7-15-30)44-40(47)36(24-33-25-43-35-19-11-10-18-34(33)35)45-42(49)52-28-31-16-8-3-9-17-31/h1-21,23,25,36-37,43,46H,22,24,26-28H2,(H,44,47)(H,45,49)/t36-,37-/m0/s1. The molecule has 0 spiro atoms. The van der Waals surface area contributed by atoms with Gasteiger partial charge in [0, 0.05) is 29.9 Å². The number of phenolic OH excluding ortho intramolecular Hbond substituents is 1. The van der Waals surface area contributed by atoms with E-state index in [2.05, 4.69) is 15.6 Å². The normalized spacial score (nSPS) is 12.0. The minimum absolute atomic E-state index is 0.00408. The molecule has 0 aliphatic carbocycles. The number of fused-ring (bicyclic) bond motifs is 1. The number of H-pyrrole nitrogens is 1. The van der Waals surface area contributed by atoms with Crippen LogP contribution < -0.4 is 15.4 Å². The highest BCUT2D eigenvalue weighted by Gasteiger charge is 2.30. The molecule has 10 nitrogen and oxygen atoms in total. The molecule has 1 aromatic heterocycles. The van der Waals surface area contributed by atoms with E-state index in [4.69, 9.17) is 14.2 Å². The summed E-state index contributed by atoms with van der Waals surface area (Å²) >= 11 is 0. The molecule has 2 amide bonds. The largest absolute Gasteiger partial charge is 0.504 e. The molecule has 10 heteroatoms. The highest BCUT2D eigenvalue weighted by atomic mass is 16.5. The van der Waals surface area contributed by atoms with Crippen molar-refractivity contribution in [3.8, 4) is 11.5 Å². The van der Waals surface area contributed by atoms with Crippen LogP contribution in [0.4, 0.5) is 4.79 Å². The molecule has 4 N–H and O–H groups in total. The first-order valence-electron chi connectivity index (χ1n) is 16.9. The zero-order valence-electron chi connectivity index (χ0n) is 28.4. The number of alkyl carbamates (subject to hydrolysis) is 1. The van der Waals surface area contributed by atoms with Gasteiger partial charge in [-0.15, -0.1) is 0 Å². The Balaban J connectivity index is 1.22. The lowest BCUT2D eigenvalue weighted by atomic mass is 10.0. The van der Waals surface area contributed by atoms with Gasteiger partial charge < -0.3 is 34.9 Å². The van der Waals surface area contributed by atoms with Crippen LogP contribution in [0.15, 0.2) is 140 Å². The summed E-state index contributed by atoms with van der Waals surface area (Å²) in [6.45, 7) is 0.229. The number of esters is 1. The molecule has 0 saturated carbocycles. The van der Waals surface area contributed by atoms with E-state index in [1.54, 1.807) is 18.3 Å². The molecular formula is C42H39N3O7. The maximum absolute atomic E-state index is 14.1. The van der Waals surface area contributed by atoms with E-state index < -0.39 is 30.1 Å². The van der Waals surface area contributed by atoms with Crippen LogP contribution in [0.3, 0.4) is 0 Å². The van der Waals surface area contributed by atoms with E-state index in [0.29, 0.717) is 5.56 Å². The number of ether oxygens (including phenoxy) is 3. The van der Waals surface area contributed by atoms with Crippen molar-refractivity contribution in [2.24, 2.45) is 0 Å². The highest BCUT2D eigenvalue weighted by Crippen LogP contribution is 2.28. The summed E-state index contributed by atoms with van der Waals surface area (Å²) in [5.74, 6) is -1.12. The van der Waals surface area contributed by atoms with Crippen molar-refractivity contribution in [3.63, 3.8) is 0 Å². The van der Waals surface area contributed by atoms with Crippen LogP contribution in [0.2, 0.25) is 0 Å². The summed E-state index contributed by atoms with van der Waals surface area (Å²) in [6, 6.07) is 38.1. The second kappa shape index (κ2) is 17.4. The van der Waals surface area contributed by atoms with Crippen molar-refractivity contribution in [3.05, 3.63) is 167 Å². The van der Waals surface area contributed by atoms with Gasteiger partial charge >= 0.3 is 12.1 Å². The molecule has 0 aliphatic rings. The van der Waals surface area contributed by atoms with Crippen LogP contribution in [0.25, 0.3) is 10.9 Å². The molecule has 0 aliphatic heterocycles. The monoisotopic (exact) mass is 697 g/mol. The van der Waals surface area contributed by atoms with Crippen LogP contribution in [0.1, 0.15) is 27.8 Å². The number of carbonyl (C=O) groups excluding carboxylic acids is 3. The zero-order chi connectivity index (χ0) is 36.1. The molecule has 5 aromatic carbocycles. The van der Waals surface area contributed by atoms with Gasteiger partial charge in [0.25, 0.3) is 0 Å². The maximum atomic E-state index is 14.1. The lowest BCUT2D eigenvalue weighted by molar-refractivity contribution is -0.149. The molecule has 0 unspecified atom stereocenters. The van der Waals surface area contributed by atoms with E-state index in [-0.39, 0.29) is 44.2 Å². The van der Waals surface area contributed by atoms with Gasteiger partial charge in [-0.1, -0.05) is 115 Å². The molecule has 264 valence electrons. The van der Waals surface area contributed by atoms with E-state index in [0.717, 1.165) is 33.2 Å². The van der Waals surface area contributed by atoms with Crippen molar-refractivity contribution in [1.82, 2.24) is 15.6 Å². The fourth-order valence-electron chi connectivity index (χ4n) is 5.70. The molecule has 0 radical (unpaired) electrons. The quantitative estimate of drug-likeness (QED) is 0.0870. The number of para-hydroxylation sites is 1.